The first kappa shape index (κ1) is 18.4. The topological polar surface area (TPSA) is 84.9 Å². The Balaban J connectivity index is 1.63. The highest BCUT2D eigenvalue weighted by atomic mass is 16.6. The van der Waals surface area contributed by atoms with Crippen LogP contribution in [0.25, 0.3) is 0 Å². The Hall–Kier alpha value is -3.35. The van der Waals surface area contributed by atoms with E-state index in [1.165, 1.54) is 12.0 Å². The summed E-state index contributed by atoms with van der Waals surface area (Å²) in [7, 11) is 1.31. The first-order valence-corrected chi connectivity index (χ1v) is 8.51. The van der Waals surface area contributed by atoms with Gasteiger partial charge in [-0.25, -0.2) is 9.59 Å². The van der Waals surface area contributed by atoms with E-state index in [1.807, 2.05) is 30.3 Å². The smallest absolute Gasteiger partial charge is 0.410 e. The SMILES string of the molecule is COC(=O)c1ccc(CN2C(=O)OC[C@H]2C(=O)NCc2ccccc2)cc1. The predicted octanol–water partition coefficient (Wildman–Crippen LogP) is 2.11. The number of hydrogen-bond acceptors (Lipinski definition) is 5. The van der Waals surface area contributed by atoms with Crippen LogP contribution in [0.15, 0.2) is 54.6 Å². The third-order valence-corrected chi connectivity index (χ3v) is 4.32. The molecule has 2 amide bonds. The van der Waals surface area contributed by atoms with Gasteiger partial charge in [0.25, 0.3) is 0 Å². The molecule has 27 heavy (non-hydrogen) atoms. The monoisotopic (exact) mass is 368 g/mol. The van der Waals surface area contributed by atoms with Crippen LogP contribution in [0.3, 0.4) is 0 Å². The second kappa shape index (κ2) is 8.35. The summed E-state index contributed by atoms with van der Waals surface area (Å²) in [5.74, 6) is -0.698. The molecule has 1 atom stereocenters. The highest BCUT2D eigenvalue weighted by Gasteiger charge is 2.37. The van der Waals surface area contributed by atoms with E-state index in [1.54, 1.807) is 24.3 Å². The molecule has 2 aromatic carbocycles. The van der Waals surface area contributed by atoms with Gasteiger partial charge in [-0.2, -0.15) is 0 Å². The van der Waals surface area contributed by atoms with Gasteiger partial charge in [0, 0.05) is 6.54 Å². The van der Waals surface area contributed by atoms with Gasteiger partial charge in [-0.15, -0.1) is 0 Å². The van der Waals surface area contributed by atoms with Crippen molar-refractivity contribution in [1.82, 2.24) is 10.2 Å². The van der Waals surface area contributed by atoms with E-state index in [0.29, 0.717) is 12.1 Å². The molecule has 2 aromatic rings. The second-order valence-corrected chi connectivity index (χ2v) is 6.11. The lowest BCUT2D eigenvalue weighted by Gasteiger charge is -2.21. The number of carbonyl (C=O) groups is 3. The van der Waals surface area contributed by atoms with Gasteiger partial charge in [0.2, 0.25) is 5.91 Å². The summed E-state index contributed by atoms with van der Waals surface area (Å²) in [5.41, 5.74) is 2.17. The molecule has 0 radical (unpaired) electrons. The van der Waals surface area contributed by atoms with Gasteiger partial charge < -0.3 is 14.8 Å². The average molecular weight is 368 g/mol. The minimum absolute atomic E-state index is 0.0136. The number of nitrogens with one attached hydrogen (secondary N) is 1. The van der Waals surface area contributed by atoms with Gasteiger partial charge in [-0.3, -0.25) is 9.69 Å². The van der Waals surface area contributed by atoms with E-state index in [2.05, 4.69) is 10.1 Å². The molecule has 3 rings (SSSR count). The summed E-state index contributed by atoms with van der Waals surface area (Å²) >= 11 is 0. The largest absolute Gasteiger partial charge is 0.465 e. The van der Waals surface area contributed by atoms with Crippen LogP contribution in [0.5, 0.6) is 0 Å². The van der Waals surface area contributed by atoms with Crippen LogP contribution in [0.2, 0.25) is 0 Å². The van der Waals surface area contributed by atoms with E-state index in [0.717, 1.165) is 11.1 Å². The van der Waals surface area contributed by atoms with Crippen LogP contribution in [0, 0.1) is 0 Å². The zero-order valence-corrected chi connectivity index (χ0v) is 14.9. The number of cyclic esters (lactones) is 1. The third kappa shape index (κ3) is 4.44. The molecule has 0 bridgehead atoms. The van der Waals surface area contributed by atoms with Crippen LogP contribution < -0.4 is 5.32 Å². The zero-order valence-electron chi connectivity index (χ0n) is 14.9. The molecule has 1 saturated heterocycles. The molecular formula is C20H20N2O5. The number of esters is 1. The van der Waals surface area contributed by atoms with Crippen molar-refractivity contribution in [2.24, 2.45) is 0 Å². The molecule has 0 unspecified atom stereocenters. The van der Waals surface area contributed by atoms with E-state index >= 15 is 0 Å². The molecule has 0 spiro atoms. The molecule has 1 heterocycles. The van der Waals surface area contributed by atoms with Crippen molar-refractivity contribution >= 4 is 18.0 Å². The Bertz CT molecular complexity index is 820. The number of benzene rings is 2. The van der Waals surface area contributed by atoms with Crippen molar-refractivity contribution in [2.45, 2.75) is 19.1 Å². The summed E-state index contributed by atoms with van der Waals surface area (Å²) in [5, 5.41) is 2.83. The summed E-state index contributed by atoms with van der Waals surface area (Å²) < 4.78 is 9.72. The highest BCUT2D eigenvalue weighted by molar-refractivity contribution is 5.89. The molecule has 7 nitrogen and oxygen atoms in total. The third-order valence-electron chi connectivity index (χ3n) is 4.32. The lowest BCUT2D eigenvalue weighted by atomic mass is 10.1. The maximum Gasteiger partial charge on any atom is 0.410 e. The van der Waals surface area contributed by atoms with Crippen molar-refractivity contribution in [3.63, 3.8) is 0 Å². The fourth-order valence-electron chi connectivity index (χ4n) is 2.81. The predicted molar refractivity (Wildman–Crippen MR) is 96.7 cm³/mol. The molecule has 7 heteroatoms. The first-order chi connectivity index (χ1) is 13.1. The van der Waals surface area contributed by atoms with Crippen molar-refractivity contribution in [2.75, 3.05) is 13.7 Å². The number of ether oxygens (including phenoxy) is 2. The normalized spacial score (nSPS) is 16.0. The molecule has 140 valence electrons. The molecular weight excluding hydrogens is 348 g/mol. The number of carbonyl (C=O) groups excluding carboxylic acids is 3. The van der Waals surface area contributed by atoms with Crippen LogP contribution >= 0.6 is 0 Å². The molecule has 1 fully saturated rings. The average Bonchev–Trinajstić information content (AvgIpc) is 3.07. The lowest BCUT2D eigenvalue weighted by molar-refractivity contribution is -0.125. The van der Waals surface area contributed by atoms with Gasteiger partial charge in [-0.05, 0) is 23.3 Å². The minimum Gasteiger partial charge on any atom is -0.465 e. The maximum atomic E-state index is 12.5. The Kier molecular flexibility index (Phi) is 5.71. The Morgan fingerprint density at radius 2 is 1.81 bits per heavy atom. The Labute approximate surface area is 156 Å². The van der Waals surface area contributed by atoms with E-state index in [4.69, 9.17) is 4.74 Å². The number of rotatable bonds is 6. The summed E-state index contributed by atoms with van der Waals surface area (Å²) in [4.78, 5) is 37.4. The number of amides is 2. The van der Waals surface area contributed by atoms with E-state index in [-0.39, 0.29) is 19.1 Å². The van der Waals surface area contributed by atoms with Crippen LogP contribution in [-0.2, 0) is 27.4 Å². The van der Waals surface area contributed by atoms with E-state index in [9.17, 15) is 14.4 Å². The number of hydrogen-bond donors (Lipinski definition) is 1. The Morgan fingerprint density at radius 1 is 1.11 bits per heavy atom. The van der Waals surface area contributed by atoms with Crippen LogP contribution in [-0.4, -0.2) is 42.6 Å². The van der Waals surface area contributed by atoms with E-state index < -0.39 is 18.1 Å². The zero-order chi connectivity index (χ0) is 19.2. The lowest BCUT2D eigenvalue weighted by Crippen LogP contribution is -2.45. The fourth-order valence-corrected chi connectivity index (χ4v) is 2.81. The maximum absolute atomic E-state index is 12.5. The standard InChI is InChI=1S/C20H20N2O5/c1-26-19(24)16-9-7-15(8-10-16)12-22-17(13-27-20(22)25)18(23)21-11-14-5-3-2-4-6-14/h2-10,17H,11-13H2,1H3,(H,21,23)/t17-/m0/s1. The van der Waals surface area contributed by atoms with Gasteiger partial charge in [0.05, 0.1) is 19.2 Å². The summed E-state index contributed by atoms with van der Waals surface area (Å²) in [6.45, 7) is 0.607. The van der Waals surface area contributed by atoms with Crippen molar-refractivity contribution < 1.29 is 23.9 Å². The molecule has 0 aromatic heterocycles. The van der Waals surface area contributed by atoms with Crippen LogP contribution in [0.1, 0.15) is 21.5 Å². The van der Waals surface area contributed by atoms with Gasteiger partial charge >= 0.3 is 12.1 Å². The van der Waals surface area contributed by atoms with Crippen LogP contribution in [0.4, 0.5) is 4.79 Å². The highest BCUT2D eigenvalue weighted by Crippen LogP contribution is 2.18. The van der Waals surface area contributed by atoms with Gasteiger partial charge in [0.1, 0.15) is 12.6 Å². The van der Waals surface area contributed by atoms with Crippen molar-refractivity contribution in [3.05, 3.63) is 71.3 Å². The molecule has 0 aliphatic carbocycles. The number of methoxy groups -OCH3 is 1. The van der Waals surface area contributed by atoms with Crippen molar-refractivity contribution in [3.8, 4) is 0 Å². The molecule has 1 N–H and O–H groups in total. The fraction of sp³-hybridized carbons (Fsp3) is 0.250. The van der Waals surface area contributed by atoms with Gasteiger partial charge in [0.15, 0.2) is 0 Å². The Morgan fingerprint density at radius 3 is 2.48 bits per heavy atom. The first-order valence-electron chi connectivity index (χ1n) is 8.51. The molecule has 1 aliphatic rings. The second-order valence-electron chi connectivity index (χ2n) is 6.11. The quantitative estimate of drug-likeness (QED) is 0.790. The summed E-state index contributed by atoms with van der Waals surface area (Å²) in [6.07, 6.45) is -0.535. The minimum atomic E-state index is -0.693. The molecule has 1 aliphatic heterocycles. The number of nitrogens with zero attached hydrogens (tertiary/aromatic N) is 1. The summed E-state index contributed by atoms with van der Waals surface area (Å²) in [6, 6.07) is 15.5. The van der Waals surface area contributed by atoms with Gasteiger partial charge in [-0.1, -0.05) is 42.5 Å². The van der Waals surface area contributed by atoms with Crippen molar-refractivity contribution in [1.29, 1.82) is 0 Å². The molecule has 0 saturated carbocycles.